The van der Waals surface area contributed by atoms with Crippen molar-refractivity contribution in [3.63, 3.8) is 0 Å². The highest BCUT2D eigenvalue weighted by Gasteiger charge is 2.11. The maximum absolute atomic E-state index is 12.5. The molecule has 1 aromatic carbocycles. The molecule has 3 aromatic rings. The Morgan fingerprint density at radius 2 is 1.84 bits per heavy atom. The van der Waals surface area contributed by atoms with Crippen molar-refractivity contribution < 1.29 is 14.3 Å². The summed E-state index contributed by atoms with van der Waals surface area (Å²) in [5.41, 5.74) is 1.77. The van der Waals surface area contributed by atoms with E-state index in [-0.39, 0.29) is 5.91 Å². The molecular weight excluding hydrogens is 320 g/mol. The Kier molecular flexibility index (Phi) is 4.83. The van der Waals surface area contributed by atoms with E-state index in [0.717, 1.165) is 5.82 Å². The average molecular weight is 340 g/mol. The predicted octanol–water partition coefficient (Wildman–Crippen LogP) is 3.09. The van der Waals surface area contributed by atoms with Gasteiger partial charge >= 0.3 is 0 Å². The topological polar surface area (TPSA) is 77.8 Å². The van der Waals surface area contributed by atoms with Gasteiger partial charge in [0.05, 0.1) is 13.2 Å². The molecule has 25 heavy (non-hydrogen) atoms. The minimum atomic E-state index is -0.227. The lowest BCUT2D eigenvalue weighted by molar-refractivity contribution is 0.102. The van der Waals surface area contributed by atoms with Gasteiger partial charge in [-0.05, 0) is 45.0 Å². The number of hydrogen-bond acceptors (Lipinski definition) is 5. The van der Waals surface area contributed by atoms with E-state index in [9.17, 15) is 4.79 Å². The van der Waals surface area contributed by atoms with Gasteiger partial charge < -0.3 is 14.8 Å². The fourth-order valence-corrected chi connectivity index (χ4v) is 2.48. The van der Waals surface area contributed by atoms with Crippen molar-refractivity contribution in [1.29, 1.82) is 0 Å². The van der Waals surface area contributed by atoms with Crippen LogP contribution in [0.25, 0.3) is 5.65 Å². The van der Waals surface area contributed by atoms with Crippen LogP contribution in [0.5, 0.6) is 11.5 Å². The number of aromatic nitrogens is 3. The Morgan fingerprint density at radius 1 is 1.08 bits per heavy atom. The van der Waals surface area contributed by atoms with Gasteiger partial charge in [-0.3, -0.25) is 9.20 Å². The first-order chi connectivity index (χ1) is 12.1. The molecule has 0 spiro atoms. The standard InChI is InChI=1S/C18H20N4O3/c1-4-24-15-7-6-14(11-16(15)25-5-2)19-18(23)13-8-9-22-12(3)20-21-17(22)10-13/h6-11H,4-5H2,1-3H3,(H,19,23). The summed E-state index contributed by atoms with van der Waals surface area (Å²) in [6, 6.07) is 8.76. The fourth-order valence-electron chi connectivity index (χ4n) is 2.48. The molecule has 0 saturated heterocycles. The van der Waals surface area contributed by atoms with Crippen molar-refractivity contribution in [3.05, 3.63) is 47.9 Å². The molecule has 7 heteroatoms. The number of fused-ring (bicyclic) bond motifs is 1. The smallest absolute Gasteiger partial charge is 0.255 e. The lowest BCUT2D eigenvalue weighted by Crippen LogP contribution is -2.12. The number of aryl methyl sites for hydroxylation is 1. The molecular formula is C18H20N4O3. The highest BCUT2D eigenvalue weighted by molar-refractivity contribution is 6.04. The lowest BCUT2D eigenvalue weighted by atomic mass is 10.2. The Labute approximate surface area is 145 Å². The molecule has 0 aliphatic carbocycles. The van der Waals surface area contributed by atoms with E-state index in [1.807, 2.05) is 25.2 Å². The van der Waals surface area contributed by atoms with E-state index in [4.69, 9.17) is 9.47 Å². The van der Waals surface area contributed by atoms with Gasteiger partial charge in [0.2, 0.25) is 0 Å². The molecule has 1 N–H and O–H groups in total. The maximum atomic E-state index is 12.5. The largest absolute Gasteiger partial charge is 0.490 e. The van der Waals surface area contributed by atoms with Crippen LogP contribution in [0.15, 0.2) is 36.5 Å². The number of pyridine rings is 1. The van der Waals surface area contributed by atoms with Crippen LogP contribution in [-0.2, 0) is 0 Å². The van der Waals surface area contributed by atoms with Gasteiger partial charge in [-0.25, -0.2) is 0 Å². The average Bonchev–Trinajstić information content (AvgIpc) is 2.98. The van der Waals surface area contributed by atoms with Crippen molar-refractivity contribution in [3.8, 4) is 11.5 Å². The van der Waals surface area contributed by atoms with E-state index in [0.29, 0.717) is 41.6 Å². The third kappa shape index (κ3) is 3.55. The van der Waals surface area contributed by atoms with E-state index in [2.05, 4.69) is 15.5 Å². The number of ether oxygens (including phenoxy) is 2. The van der Waals surface area contributed by atoms with Crippen LogP contribution in [0, 0.1) is 6.92 Å². The predicted molar refractivity (Wildman–Crippen MR) is 94.5 cm³/mol. The van der Waals surface area contributed by atoms with Crippen LogP contribution in [0.2, 0.25) is 0 Å². The first kappa shape index (κ1) is 16.8. The maximum Gasteiger partial charge on any atom is 0.255 e. The Balaban J connectivity index is 1.82. The molecule has 1 amide bonds. The molecule has 0 aliphatic heterocycles. The molecule has 0 atom stereocenters. The molecule has 130 valence electrons. The number of nitrogens with zero attached hydrogens (tertiary/aromatic N) is 3. The second-order valence-corrected chi connectivity index (χ2v) is 5.37. The highest BCUT2D eigenvalue weighted by Crippen LogP contribution is 2.30. The molecule has 2 heterocycles. The third-order valence-corrected chi connectivity index (χ3v) is 3.64. The molecule has 0 saturated carbocycles. The quantitative estimate of drug-likeness (QED) is 0.746. The number of hydrogen-bond donors (Lipinski definition) is 1. The number of carbonyl (C=O) groups is 1. The van der Waals surface area contributed by atoms with Crippen molar-refractivity contribution >= 4 is 17.2 Å². The van der Waals surface area contributed by atoms with Gasteiger partial charge in [0.25, 0.3) is 5.91 Å². The molecule has 0 aliphatic rings. The highest BCUT2D eigenvalue weighted by atomic mass is 16.5. The van der Waals surface area contributed by atoms with Gasteiger partial charge in [0, 0.05) is 23.5 Å². The number of amides is 1. The molecule has 7 nitrogen and oxygen atoms in total. The molecule has 0 fully saturated rings. The SMILES string of the molecule is CCOc1ccc(NC(=O)c2ccn3c(C)nnc3c2)cc1OCC. The summed E-state index contributed by atoms with van der Waals surface area (Å²) in [7, 11) is 0. The van der Waals surface area contributed by atoms with Gasteiger partial charge in [-0.1, -0.05) is 0 Å². The van der Waals surface area contributed by atoms with Crippen LogP contribution < -0.4 is 14.8 Å². The summed E-state index contributed by atoms with van der Waals surface area (Å²) in [4.78, 5) is 12.5. The minimum Gasteiger partial charge on any atom is -0.490 e. The van der Waals surface area contributed by atoms with Crippen LogP contribution in [0.3, 0.4) is 0 Å². The van der Waals surface area contributed by atoms with Crippen molar-refractivity contribution in [1.82, 2.24) is 14.6 Å². The van der Waals surface area contributed by atoms with Crippen LogP contribution in [0.1, 0.15) is 30.0 Å². The summed E-state index contributed by atoms with van der Waals surface area (Å²) in [6.07, 6.45) is 1.78. The molecule has 3 rings (SSSR count). The summed E-state index contributed by atoms with van der Waals surface area (Å²) in [5, 5.41) is 10.9. The Hall–Kier alpha value is -3.09. The molecule has 0 unspecified atom stereocenters. The van der Waals surface area contributed by atoms with Crippen molar-refractivity contribution in [2.45, 2.75) is 20.8 Å². The van der Waals surface area contributed by atoms with E-state index >= 15 is 0 Å². The summed E-state index contributed by atoms with van der Waals surface area (Å²) in [6.45, 7) is 6.73. The van der Waals surface area contributed by atoms with Crippen LogP contribution in [0.4, 0.5) is 5.69 Å². The van der Waals surface area contributed by atoms with Gasteiger partial charge in [0.1, 0.15) is 5.82 Å². The monoisotopic (exact) mass is 340 g/mol. The third-order valence-electron chi connectivity index (χ3n) is 3.64. The molecule has 0 bridgehead atoms. The fraction of sp³-hybridized carbons (Fsp3) is 0.278. The van der Waals surface area contributed by atoms with E-state index < -0.39 is 0 Å². The second kappa shape index (κ2) is 7.21. The van der Waals surface area contributed by atoms with E-state index in [1.54, 1.807) is 36.5 Å². The lowest BCUT2D eigenvalue weighted by Gasteiger charge is -2.13. The number of carbonyl (C=O) groups excluding carboxylic acids is 1. The van der Waals surface area contributed by atoms with Gasteiger partial charge in [-0.2, -0.15) is 0 Å². The number of nitrogens with one attached hydrogen (secondary N) is 1. The first-order valence-electron chi connectivity index (χ1n) is 8.14. The molecule has 2 aromatic heterocycles. The van der Waals surface area contributed by atoms with E-state index in [1.165, 1.54) is 0 Å². The first-order valence-corrected chi connectivity index (χ1v) is 8.14. The number of benzene rings is 1. The molecule has 0 radical (unpaired) electrons. The van der Waals surface area contributed by atoms with Crippen molar-refractivity contribution in [2.24, 2.45) is 0 Å². The zero-order chi connectivity index (χ0) is 17.8. The number of rotatable bonds is 6. The van der Waals surface area contributed by atoms with Crippen LogP contribution in [-0.4, -0.2) is 33.7 Å². The van der Waals surface area contributed by atoms with Gasteiger partial charge in [0.15, 0.2) is 17.1 Å². The Morgan fingerprint density at radius 3 is 2.60 bits per heavy atom. The normalized spacial score (nSPS) is 10.7. The van der Waals surface area contributed by atoms with Gasteiger partial charge in [-0.15, -0.1) is 10.2 Å². The zero-order valence-electron chi connectivity index (χ0n) is 14.4. The summed E-state index contributed by atoms with van der Waals surface area (Å²) < 4.78 is 12.9. The number of anilines is 1. The van der Waals surface area contributed by atoms with Crippen molar-refractivity contribution in [2.75, 3.05) is 18.5 Å². The minimum absolute atomic E-state index is 0.227. The Bertz CT molecular complexity index is 904. The second-order valence-electron chi connectivity index (χ2n) is 5.37. The van der Waals surface area contributed by atoms with Crippen LogP contribution >= 0.6 is 0 Å². The summed E-state index contributed by atoms with van der Waals surface area (Å²) >= 11 is 0. The zero-order valence-corrected chi connectivity index (χ0v) is 14.4. The summed E-state index contributed by atoms with van der Waals surface area (Å²) in [5.74, 6) is 1.80.